The molecule has 3 rings (SSSR count). The number of carbonyl (C=O) groups is 2. The molecule has 3 unspecified atom stereocenters. The highest BCUT2D eigenvalue weighted by Crippen LogP contribution is 2.38. The van der Waals surface area contributed by atoms with Crippen LogP contribution in [0.3, 0.4) is 0 Å². The number of fused-ring (bicyclic) bond motifs is 1. The van der Waals surface area contributed by atoms with E-state index in [9.17, 15) is 14.7 Å². The highest BCUT2D eigenvalue weighted by Gasteiger charge is 2.48. The van der Waals surface area contributed by atoms with Gasteiger partial charge in [0.15, 0.2) is 0 Å². The monoisotopic (exact) mass is 287 g/mol. The van der Waals surface area contributed by atoms with Crippen LogP contribution in [0.4, 0.5) is 0 Å². The van der Waals surface area contributed by atoms with Gasteiger partial charge < -0.3 is 10.4 Å². The lowest BCUT2D eigenvalue weighted by Gasteiger charge is -2.41. The molecular weight excluding hydrogens is 266 g/mol. The van der Waals surface area contributed by atoms with Crippen LogP contribution in [0.25, 0.3) is 0 Å². The van der Waals surface area contributed by atoms with E-state index in [2.05, 4.69) is 5.32 Å². The smallest absolute Gasteiger partial charge is 0.329 e. The topological polar surface area (TPSA) is 66.4 Å². The quantitative estimate of drug-likeness (QED) is 0.897. The SMILES string of the molecule is CC1CCCCC1(NC(=O)C1Cc2ccccc21)C(=O)O. The fourth-order valence-electron chi connectivity index (χ4n) is 3.70. The van der Waals surface area contributed by atoms with Crippen LogP contribution >= 0.6 is 0 Å². The van der Waals surface area contributed by atoms with Crippen molar-refractivity contribution in [3.05, 3.63) is 35.4 Å². The van der Waals surface area contributed by atoms with E-state index in [-0.39, 0.29) is 17.7 Å². The molecule has 2 N–H and O–H groups in total. The number of carboxylic acids is 1. The molecule has 0 heterocycles. The van der Waals surface area contributed by atoms with Gasteiger partial charge in [-0.3, -0.25) is 4.79 Å². The van der Waals surface area contributed by atoms with Crippen LogP contribution in [0.5, 0.6) is 0 Å². The second-order valence-corrected chi connectivity index (χ2v) is 6.37. The minimum absolute atomic E-state index is 0.0250. The highest BCUT2D eigenvalue weighted by molar-refractivity contribution is 5.92. The van der Waals surface area contributed by atoms with E-state index < -0.39 is 11.5 Å². The van der Waals surface area contributed by atoms with Gasteiger partial charge in [-0.2, -0.15) is 0 Å². The first-order valence-electron chi connectivity index (χ1n) is 7.68. The largest absolute Gasteiger partial charge is 0.479 e. The van der Waals surface area contributed by atoms with Crippen molar-refractivity contribution in [2.75, 3.05) is 0 Å². The number of carboxylic acid groups (broad SMARTS) is 1. The van der Waals surface area contributed by atoms with Gasteiger partial charge in [0.05, 0.1) is 5.92 Å². The molecule has 0 radical (unpaired) electrons. The summed E-state index contributed by atoms with van der Waals surface area (Å²) >= 11 is 0. The van der Waals surface area contributed by atoms with E-state index in [0.717, 1.165) is 24.8 Å². The molecule has 0 aliphatic heterocycles. The first kappa shape index (κ1) is 14.1. The molecule has 2 aliphatic rings. The number of hydrogen-bond donors (Lipinski definition) is 2. The van der Waals surface area contributed by atoms with Gasteiger partial charge in [0, 0.05) is 0 Å². The summed E-state index contributed by atoms with van der Waals surface area (Å²) in [5.74, 6) is -1.24. The third-order valence-electron chi connectivity index (χ3n) is 5.20. The zero-order valence-electron chi connectivity index (χ0n) is 12.3. The van der Waals surface area contributed by atoms with E-state index in [4.69, 9.17) is 0 Å². The number of amides is 1. The predicted octanol–water partition coefficient (Wildman–Crippen LogP) is 2.48. The van der Waals surface area contributed by atoms with Gasteiger partial charge >= 0.3 is 5.97 Å². The van der Waals surface area contributed by atoms with E-state index in [0.29, 0.717) is 12.8 Å². The van der Waals surface area contributed by atoms with Crippen LogP contribution in [0.1, 0.15) is 49.7 Å². The van der Waals surface area contributed by atoms with Crippen molar-refractivity contribution in [3.63, 3.8) is 0 Å². The molecule has 1 aromatic rings. The Bertz CT molecular complexity index is 583. The average Bonchev–Trinajstić information content (AvgIpc) is 2.42. The molecule has 21 heavy (non-hydrogen) atoms. The normalized spacial score (nSPS) is 30.9. The van der Waals surface area contributed by atoms with Gasteiger partial charge in [-0.25, -0.2) is 4.79 Å². The standard InChI is InChI=1S/C17H21NO3/c1-11-6-4-5-9-17(11,16(20)21)18-15(19)14-10-12-7-2-3-8-13(12)14/h2-3,7-8,11,14H,4-6,9-10H2,1H3,(H,18,19)(H,20,21). The lowest BCUT2D eigenvalue weighted by Crippen LogP contribution is -2.61. The van der Waals surface area contributed by atoms with Gasteiger partial charge in [-0.15, -0.1) is 0 Å². The second kappa shape index (κ2) is 5.17. The van der Waals surface area contributed by atoms with Crippen molar-refractivity contribution in [2.24, 2.45) is 5.92 Å². The Morgan fingerprint density at radius 1 is 1.29 bits per heavy atom. The van der Waals surface area contributed by atoms with Gasteiger partial charge in [-0.05, 0) is 36.3 Å². The number of benzene rings is 1. The summed E-state index contributed by atoms with van der Waals surface area (Å²) in [5, 5.41) is 12.5. The summed E-state index contributed by atoms with van der Waals surface area (Å²) in [6.07, 6.45) is 4.00. The molecule has 1 fully saturated rings. The third kappa shape index (κ3) is 2.23. The Morgan fingerprint density at radius 3 is 2.71 bits per heavy atom. The van der Waals surface area contributed by atoms with Crippen molar-refractivity contribution in [3.8, 4) is 0 Å². The van der Waals surface area contributed by atoms with Crippen LogP contribution < -0.4 is 5.32 Å². The number of carbonyl (C=O) groups excluding carboxylic acids is 1. The van der Waals surface area contributed by atoms with E-state index >= 15 is 0 Å². The third-order valence-corrected chi connectivity index (χ3v) is 5.20. The summed E-state index contributed by atoms with van der Waals surface area (Å²) < 4.78 is 0. The fourth-order valence-corrected chi connectivity index (χ4v) is 3.70. The van der Waals surface area contributed by atoms with Crippen LogP contribution in [0.2, 0.25) is 0 Å². The fraction of sp³-hybridized carbons (Fsp3) is 0.529. The first-order chi connectivity index (χ1) is 10.0. The maximum absolute atomic E-state index is 12.5. The number of nitrogens with one attached hydrogen (secondary N) is 1. The Kier molecular flexibility index (Phi) is 3.47. The Labute approximate surface area is 124 Å². The molecule has 0 saturated heterocycles. The summed E-state index contributed by atoms with van der Waals surface area (Å²) in [7, 11) is 0. The van der Waals surface area contributed by atoms with E-state index in [1.54, 1.807) is 0 Å². The molecule has 112 valence electrons. The first-order valence-corrected chi connectivity index (χ1v) is 7.68. The van der Waals surface area contributed by atoms with Gasteiger partial charge in [-0.1, -0.05) is 44.0 Å². The summed E-state index contributed by atoms with van der Waals surface area (Å²) in [4.78, 5) is 24.3. The van der Waals surface area contributed by atoms with Crippen molar-refractivity contribution < 1.29 is 14.7 Å². The molecule has 0 bridgehead atoms. The molecule has 4 nitrogen and oxygen atoms in total. The lowest BCUT2D eigenvalue weighted by molar-refractivity contribution is -0.152. The zero-order chi connectivity index (χ0) is 15.0. The molecule has 1 amide bonds. The van der Waals surface area contributed by atoms with E-state index in [1.165, 1.54) is 5.56 Å². The van der Waals surface area contributed by atoms with Gasteiger partial charge in [0.2, 0.25) is 5.91 Å². The number of rotatable bonds is 3. The Hall–Kier alpha value is -1.84. The minimum atomic E-state index is -1.08. The van der Waals surface area contributed by atoms with Crippen LogP contribution in [0.15, 0.2) is 24.3 Å². The maximum atomic E-state index is 12.5. The maximum Gasteiger partial charge on any atom is 0.329 e. The van der Waals surface area contributed by atoms with Gasteiger partial charge in [0.25, 0.3) is 0 Å². The highest BCUT2D eigenvalue weighted by atomic mass is 16.4. The van der Waals surface area contributed by atoms with Crippen molar-refractivity contribution in [2.45, 2.75) is 50.5 Å². The minimum Gasteiger partial charge on any atom is -0.479 e. The van der Waals surface area contributed by atoms with Crippen LogP contribution in [-0.2, 0) is 16.0 Å². The molecule has 1 saturated carbocycles. The summed E-state index contributed by atoms with van der Waals surface area (Å²) in [6, 6.07) is 7.87. The lowest BCUT2D eigenvalue weighted by atomic mass is 9.72. The van der Waals surface area contributed by atoms with Crippen molar-refractivity contribution in [1.82, 2.24) is 5.32 Å². The van der Waals surface area contributed by atoms with Crippen LogP contribution in [-0.4, -0.2) is 22.5 Å². The summed E-state index contributed by atoms with van der Waals surface area (Å²) in [6.45, 7) is 1.93. The predicted molar refractivity (Wildman–Crippen MR) is 79.0 cm³/mol. The van der Waals surface area contributed by atoms with Gasteiger partial charge in [0.1, 0.15) is 5.54 Å². The molecule has 1 aromatic carbocycles. The van der Waals surface area contributed by atoms with Crippen molar-refractivity contribution in [1.29, 1.82) is 0 Å². The molecule has 4 heteroatoms. The number of hydrogen-bond acceptors (Lipinski definition) is 2. The van der Waals surface area contributed by atoms with Crippen molar-refractivity contribution >= 4 is 11.9 Å². The number of aliphatic carboxylic acids is 1. The molecule has 0 spiro atoms. The molecule has 3 atom stereocenters. The molecule has 2 aliphatic carbocycles. The second-order valence-electron chi connectivity index (χ2n) is 6.37. The molecule has 0 aromatic heterocycles. The average molecular weight is 287 g/mol. The molecular formula is C17H21NO3. The Morgan fingerprint density at radius 2 is 2.05 bits per heavy atom. The van der Waals surface area contributed by atoms with E-state index in [1.807, 2.05) is 31.2 Å². The zero-order valence-corrected chi connectivity index (χ0v) is 12.3. The summed E-state index contributed by atoms with van der Waals surface area (Å²) in [5.41, 5.74) is 1.15. The Balaban J connectivity index is 1.79. The van der Waals surface area contributed by atoms with Crippen LogP contribution in [0, 0.1) is 5.92 Å².